The number of rotatable bonds is 4. The van der Waals surface area contributed by atoms with Crippen molar-refractivity contribution in [2.45, 2.75) is 23.1 Å². The summed E-state index contributed by atoms with van der Waals surface area (Å²) in [7, 11) is 0. The van der Waals surface area contributed by atoms with Crippen molar-refractivity contribution >= 4 is 29.0 Å². The minimum atomic E-state index is -2.57. The van der Waals surface area contributed by atoms with Gasteiger partial charge in [-0.3, -0.25) is 4.79 Å². The third-order valence-corrected chi connectivity index (χ3v) is 3.77. The number of benzene rings is 2. The lowest BCUT2D eigenvalue weighted by atomic mass is 10.2. The third-order valence-electron chi connectivity index (χ3n) is 2.67. The van der Waals surface area contributed by atoms with Gasteiger partial charge in [-0.2, -0.15) is 0 Å². The molecule has 110 valence electrons. The molecule has 0 spiro atoms. The zero-order chi connectivity index (χ0) is 15.4. The normalized spacial score (nSPS) is 10.7. The van der Waals surface area contributed by atoms with Gasteiger partial charge in [0.05, 0.1) is 0 Å². The number of halogens is 2. The van der Waals surface area contributed by atoms with Gasteiger partial charge in [0.1, 0.15) is 0 Å². The second-order valence-electron chi connectivity index (χ2n) is 4.41. The van der Waals surface area contributed by atoms with Crippen LogP contribution in [-0.4, -0.2) is 5.91 Å². The molecule has 0 unspecified atom stereocenters. The summed E-state index contributed by atoms with van der Waals surface area (Å²) >= 11 is 1.23. The third kappa shape index (κ3) is 4.19. The molecule has 0 heterocycles. The van der Waals surface area contributed by atoms with Gasteiger partial charge in [-0.05, 0) is 42.5 Å². The number of hydrogen-bond donors (Lipinski definition) is 2. The Balaban J connectivity index is 2.20. The van der Waals surface area contributed by atoms with Crippen molar-refractivity contribution in [3.05, 3.63) is 48.0 Å². The molecule has 1 amide bonds. The molecule has 0 aliphatic rings. The Hall–Kier alpha value is -2.08. The molecule has 0 fully saturated rings. The van der Waals surface area contributed by atoms with E-state index >= 15 is 0 Å². The number of anilines is 2. The van der Waals surface area contributed by atoms with Crippen molar-refractivity contribution in [3.63, 3.8) is 0 Å². The first-order valence-corrected chi connectivity index (χ1v) is 7.00. The fourth-order valence-corrected chi connectivity index (χ4v) is 2.70. The van der Waals surface area contributed by atoms with E-state index in [2.05, 4.69) is 5.32 Å². The number of hydrogen-bond acceptors (Lipinski definition) is 3. The van der Waals surface area contributed by atoms with Crippen molar-refractivity contribution in [2.75, 3.05) is 11.1 Å². The standard InChI is InChI=1S/C15H14F2N2OS/c1-9(20)19-11-3-5-12(6-4-11)21-14-7-2-10(18)8-13(14)15(16)17/h2-8,15H,18H2,1H3,(H,19,20). The van der Waals surface area contributed by atoms with E-state index in [1.165, 1.54) is 24.8 Å². The van der Waals surface area contributed by atoms with Gasteiger partial charge in [-0.25, -0.2) is 8.78 Å². The van der Waals surface area contributed by atoms with Crippen molar-refractivity contribution in [2.24, 2.45) is 0 Å². The van der Waals surface area contributed by atoms with E-state index in [1.54, 1.807) is 36.4 Å². The number of carbonyl (C=O) groups excluding carboxylic acids is 1. The maximum absolute atomic E-state index is 13.0. The summed E-state index contributed by atoms with van der Waals surface area (Å²) in [6.07, 6.45) is -2.57. The van der Waals surface area contributed by atoms with Crippen LogP contribution in [0.4, 0.5) is 20.2 Å². The SMILES string of the molecule is CC(=O)Nc1ccc(Sc2ccc(N)cc2C(F)F)cc1. The second kappa shape index (κ2) is 6.58. The van der Waals surface area contributed by atoms with E-state index in [0.29, 0.717) is 16.3 Å². The Bertz CT molecular complexity index is 645. The first-order chi connectivity index (χ1) is 9.95. The molecule has 0 atom stereocenters. The highest BCUT2D eigenvalue weighted by Crippen LogP contribution is 2.36. The van der Waals surface area contributed by atoms with Gasteiger partial charge < -0.3 is 11.1 Å². The molecule has 3 N–H and O–H groups in total. The maximum Gasteiger partial charge on any atom is 0.265 e. The van der Waals surface area contributed by atoms with Gasteiger partial charge in [0.15, 0.2) is 0 Å². The number of nitrogen functional groups attached to an aromatic ring is 1. The number of nitrogens with one attached hydrogen (secondary N) is 1. The van der Waals surface area contributed by atoms with Gasteiger partial charge in [0.2, 0.25) is 5.91 Å². The van der Waals surface area contributed by atoms with Gasteiger partial charge in [0.25, 0.3) is 6.43 Å². The molecule has 0 saturated carbocycles. The molecule has 0 aliphatic heterocycles. The number of nitrogens with two attached hydrogens (primary N) is 1. The van der Waals surface area contributed by atoms with Crippen LogP contribution in [0.5, 0.6) is 0 Å². The molecular weight excluding hydrogens is 294 g/mol. The van der Waals surface area contributed by atoms with Crippen LogP contribution in [0.3, 0.4) is 0 Å². The molecule has 0 saturated heterocycles. The first kappa shape index (κ1) is 15.3. The predicted octanol–water partition coefficient (Wildman–Crippen LogP) is 4.32. The van der Waals surface area contributed by atoms with Crippen LogP contribution in [0.1, 0.15) is 18.9 Å². The molecular formula is C15H14F2N2OS. The van der Waals surface area contributed by atoms with Crippen LogP contribution < -0.4 is 11.1 Å². The van der Waals surface area contributed by atoms with Crippen LogP contribution in [0.25, 0.3) is 0 Å². The molecule has 2 aromatic carbocycles. The lowest BCUT2D eigenvalue weighted by molar-refractivity contribution is -0.114. The molecule has 0 radical (unpaired) electrons. The summed E-state index contributed by atoms with van der Waals surface area (Å²) in [5, 5.41) is 2.65. The first-order valence-electron chi connectivity index (χ1n) is 6.19. The largest absolute Gasteiger partial charge is 0.399 e. The van der Waals surface area contributed by atoms with Crippen LogP contribution in [-0.2, 0) is 4.79 Å². The van der Waals surface area contributed by atoms with Crippen LogP contribution in [0, 0.1) is 0 Å². The second-order valence-corrected chi connectivity index (χ2v) is 5.52. The van der Waals surface area contributed by atoms with Crippen LogP contribution in [0.2, 0.25) is 0 Å². The molecule has 0 aromatic heterocycles. The highest BCUT2D eigenvalue weighted by molar-refractivity contribution is 7.99. The fourth-order valence-electron chi connectivity index (χ4n) is 1.77. The monoisotopic (exact) mass is 308 g/mol. The Morgan fingerprint density at radius 3 is 2.43 bits per heavy atom. The molecule has 2 rings (SSSR count). The van der Waals surface area contributed by atoms with Gasteiger partial charge in [-0.15, -0.1) is 0 Å². The zero-order valence-electron chi connectivity index (χ0n) is 11.3. The van der Waals surface area contributed by atoms with E-state index in [-0.39, 0.29) is 11.5 Å². The number of carbonyl (C=O) groups is 1. The Morgan fingerprint density at radius 1 is 1.19 bits per heavy atom. The number of amides is 1. The Labute approximate surface area is 125 Å². The molecule has 0 aliphatic carbocycles. The molecule has 6 heteroatoms. The van der Waals surface area contributed by atoms with Crippen molar-refractivity contribution in [3.8, 4) is 0 Å². The molecule has 3 nitrogen and oxygen atoms in total. The predicted molar refractivity (Wildman–Crippen MR) is 80.7 cm³/mol. The fraction of sp³-hybridized carbons (Fsp3) is 0.133. The molecule has 2 aromatic rings. The highest BCUT2D eigenvalue weighted by atomic mass is 32.2. The minimum Gasteiger partial charge on any atom is -0.399 e. The molecule has 0 bridgehead atoms. The summed E-state index contributed by atoms with van der Waals surface area (Å²) in [6, 6.07) is 11.5. The lowest BCUT2D eigenvalue weighted by Crippen LogP contribution is -2.05. The van der Waals surface area contributed by atoms with E-state index in [4.69, 9.17) is 5.73 Å². The van der Waals surface area contributed by atoms with E-state index in [9.17, 15) is 13.6 Å². The summed E-state index contributed by atoms with van der Waals surface area (Å²) in [5.41, 5.74) is 6.44. The average molecular weight is 308 g/mol. The van der Waals surface area contributed by atoms with Crippen LogP contribution >= 0.6 is 11.8 Å². The maximum atomic E-state index is 13.0. The van der Waals surface area contributed by atoms with E-state index in [0.717, 1.165) is 4.90 Å². The van der Waals surface area contributed by atoms with Gasteiger partial charge in [-0.1, -0.05) is 11.8 Å². The summed E-state index contributed by atoms with van der Waals surface area (Å²) in [5.74, 6) is -0.158. The van der Waals surface area contributed by atoms with Crippen LogP contribution in [0.15, 0.2) is 52.3 Å². The Kier molecular flexibility index (Phi) is 4.80. The van der Waals surface area contributed by atoms with Crippen molar-refractivity contribution in [1.29, 1.82) is 0 Å². The van der Waals surface area contributed by atoms with E-state index < -0.39 is 6.43 Å². The van der Waals surface area contributed by atoms with E-state index in [1.807, 2.05) is 0 Å². The van der Waals surface area contributed by atoms with Gasteiger partial charge >= 0.3 is 0 Å². The van der Waals surface area contributed by atoms with Crippen molar-refractivity contribution < 1.29 is 13.6 Å². The van der Waals surface area contributed by atoms with Gasteiger partial charge in [0, 0.05) is 33.7 Å². The zero-order valence-corrected chi connectivity index (χ0v) is 12.1. The highest BCUT2D eigenvalue weighted by Gasteiger charge is 2.14. The quantitative estimate of drug-likeness (QED) is 0.827. The van der Waals surface area contributed by atoms with Crippen molar-refractivity contribution in [1.82, 2.24) is 0 Å². The minimum absolute atomic E-state index is 0.0778. The lowest BCUT2D eigenvalue weighted by Gasteiger charge is -2.10. The summed E-state index contributed by atoms with van der Waals surface area (Å²) in [6.45, 7) is 1.42. The Morgan fingerprint density at radius 2 is 1.86 bits per heavy atom. The topological polar surface area (TPSA) is 55.1 Å². The summed E-state index contributed by atoms with van der Waals surface area (Å²) < 4.78 is 26.0. The smallest absolute Gasteiger partial charge is 0.265 e. The summed E-state index contributed by atoms with van der Waals surface area (Å²) in [4.78, 5) is 12.2. The average Bonchev–Trinajstić information content (AvgIpc) is 2.42. The number of alkyl halides is 2. The molecule has 21 heavy (non-hydrogen) atoms.